The maximum Gasteiger partial charge on any atom is 0.287 e. The Morgan fingerprint density at radius 1 is 0.964 bits per heavy atom. The number of amides is 3. The minimum absolute atomic E-state index is 0.0567. The summed E-state index contributed by atoms with van der Waals surface area (Å²) >= 11 is 0. The Labute approximate surface area is 164 Å². The zero-order valence-electron chi connectivity index (χ0n) is 15.7. The molecule has 3 amide bonds. The number of piperidine rings is 1. The van der Waals surface area contributed by atoms with Crippen molar-refractivity contribution in [2.45, 2.75) is 19.3 Å². The van der Waals surface area contributed by atoms with E-state index in [9.17, 15) is 14.4 Å². The molecule has 28 heavy (non-hydrogen) atoms. The van der Waals surface area contributed by atoms with Gasteiger partial charge in [-0.05, 0) is 42.9 Å². The molecule has 3 rings (SSSR count). The van der Waals surface area contributed by atoms with E-state index in [1.54, 1.807) is 11.0 Å². The molecule has 0 aliphatic carbocycles. The van der Waals surface area contributed by atoms with E-state index < -0.39 is 11.8 Å². The predicted octanol–water partition coefficient (Wildman–Crippen LogP) is 1.61. The van der Waals surface area contributed by atoms with Crippen molar-refractivity contribution in [3.8, 4) is 0 Å². The molecule has 0 saturated carbocycles. The molecular formula is C21H25N3O4. The quantitative estimate of drug-likeness (QED) is 0.760. The van der Waals surface area contributed by atoms with Crippen molar-refractivity contribution in [3.05, 3.63) is 60.1 Å². The lowest BCUT2D eigenvalue weighted by atomic mass is 9.90. The van der Waals surface area contributed by atoms with Crippen LogP contribution < -0.4 is 10.6 Å². The minimum atomic E-state index is -0.466. The Bertz CT molecular complexity index is 781. The third kappa shape index (κ3) is 5.70. The molecule has 7 nitrogen and oxygen atoms in total. The molecule has 7 heteroatoms. The monoisotopic (exact) mass is 383 g/mol. The van der Waals surface area contributed by atoms with Gasteiger partial charge in [0, 0.05) is 13.1 Å². The van der Waals surface area contributed by atoms with Crippen LogP contribution in [0.1, 0.15) is 29.0 Å². The van der Waals surface area contributed by atoms with Crippen molar-refractivity contribution in [1.82, 2.24) is 15.5 Å². The van der Waals surface area contributed by atoms with Gasteiger partial charge in [-0.1, -0.05) is 30.3 Å². The van der Waals surface area contributed by atoms with Gasteiger partial charge in [-0.2, -0.15) is 0 Å². The summed E-state index contributed by atoms with van der Waals surface area (Å²) in [6, 6.07) is 13.5. The first kappa shape index (κ1) is 19.7. The average Bonchev–Trinajstić information content (AvgIpc) is 3.26. The number of carbonyl (C=O) groups excluding carboxylic acids is 3. The first-order valence-electron chi connectivity index (χ1n) is 9.52. The Morgan fingerprint density at radius 3 is 2.39 bits per heavy atom. The molecular weight excluding hydrogens is 358 g/mol. The Morgan fingerprint density at radius 2 is 1.71 bits per heavy atom. The summed E-state index contributed by atoms with van der Waals surface area (Å²) in [7, 11) is 0. The zero-order valence-corrected chi connectivity index (χ0v) is 15.7. The van der Waals surface area contributed by atoms with E-state index in [0.717, 1.165) is 19.3 Å². The standard InChI is InChI=1S/C21H25N3O4/c25-19(14-23-21(27)18-7-4-12-28-18)22-15-20(26)24-10-8-17(9-11-24)13-16-5-2-1-3-6-16/h1-7,12,17H,8-11,13-15H2,(H,22,25)(H,23,27). The number of furan rings is 1. The van der Waals surface area contributed by atoms with Crippen molar-refractivity contribution < 1.29 is 18.8 Å². The largest absolute Gasteiger partial charge is 0.459 e. The maximum atomic E-state index is 12.3. The zero-order chi connectivity index (χ0) is 19.8. The molecule has 0 unspecified atom stereocenters. The smallest absolute Gasteiger partial charge is 0.287 e. The number of hydrogen-bond acceptors (Lipinski definition) is 4. The van der Waals surface area contributed by atoms with Crippen LogP contribution in [0.15, 0.2) is 53.1 Å². The van der Waals surface area contributed by atoms with Crippen LogP contribution in [0.25, 0.3) is 0 Å². The molecule has 0 bridgehead atoms. The van der Waals surface area contributed by atoms with E-state index in [2.05, 4.69) is 22.8 Å². The normalized spacial score (nSPS) is 14.5. The van der Waals surface area contributed by atoms with E-state index >= 15 is 0 Å². The Kier molecular flexibility index (Phi) is 6.84. The van der Waals surface area contributed by atoms with Crippen molar-refractivity contribution in [1.29, 1.82) is 0 Å². The maximum absolute atomic E-state index is 12.3. The highest BCUT2D eigenvalue weighted by molar-refractivity contribution is 5.94. The lowest BCUT2D eigenvalue weighted by Gasteiger charge is -2.32. The van der Waals surface area contributed by atoms with Gasteiger partial charge < -0.3 is 20.0 Å². The van der Waals surface area contributed by atoms with E-state index in [0.29, 0.717) is 19.0 Å². The second-order valence-corrected chi connectivity index (χ2v) is 6.95. The van der Waals surface area contributed by atoms with Gasteiger partial charge >= 0.3 is 0 Å². The SMILES string of the molecule is O=C(CNC(=O)c1ccco1)NCC(=O)N1CCC(Cc2ccccc2)CC1. The highest BCUT2D eigenvalue weighted by Crippen LogP contribution is 2.21. The van der Waals surface area contributed by atoms with E-state index in [1.807, 2.05) is 18.2 Å². The molecule has 2 heterocycles. The molecule has 0 spiro atoms. The number of likely N-dealkylation sites (tertiary alicyclic amines) is 1. The van der Waals surface area contributed by atoms with Crippen LogP contribution in [0, 0.1) is 5.92 Å². The van der Waals surface area contributed by atoms with Gasteiger partial charge in [0.15, 0.2) is 5.76 Å². The Balaban J connectivity index is 1.33. The van der Waals surface area contributed by atoms with Crippen LogP contribution in [0.2, 0.25) is 0 Å². The molecule has 148 valence electrons. The van der Waals surface area contributed by atoms with E-state index in [1.165, 1.54) is 17.9 Å². The minimum Gasteiger partial charge on any atom is -0.459 e. The highest BCUT2D eigenvalue weighted by atomic mass is 16.3. The Hall–Kier alpha value is -3.09. The number of hydrogen-bond donors (Lipinski definition) is 2. The van der Waals surface area contributed by atoms with Crippen molar-refractivity contribution in [2.24, 2.45) is 5.92 Å². The summed E-state index contributed by atoms with van der Waals surface area (Å²) in [5.41, 5.74) is 1.33. The summed E-state index contributed by atoms with van der Waals surface area (Å²) in [4.78, 5) is 37.6. The first-order valence-corrected chi connectivity index (χ1v) is 9.52. The summed E-state index contributed by atoms with van der Waals surface area (Å²) in [5, 5.41) is 5.00. The van der Waals surface area contributed by atoms with Crippen molar-refractivity contribution >= 4 is 17.7 Å². The summed E-state index contributed by atoms with van der Waals surface area (Å²) in [6.07, 6.45) is 4.35. The van der Waals surface area contributed by atoms with Gasteiger partial charge in [0.1, 0.15) is 0 Å². The molecule has 2 N–H and O–H groups in total. The number of benzene rings is 1. The summed E-state index contributed by atoms with van der Waals surface area (Å²) in [5.74, 6) is -0.247. The highest BCUT2D eigenvalue weighted by Gasteiger charge is 2.23. The van der Waals surface area contributed by atoms with Crippen LogP contribution in [0.3, 0.4) is 0 Å². The van der Waals surface area contributed by atoms with Gasteiger partial charge in [0.05, 0.1) is 19.4 Å². The number of nitrogens with one attached hydrogen (secondary N) is 2. The van der Waals surface area contributed by atoms with Gasteiger partial charge in [0.25, 0.3) is 5.91 Å². The molecule has 1 aromatic carbocycles. The molecule has 2 aromatic rings. The fraction of sp³-hybridized carbons (Fsp3) is 0.381. The molecule has 1 fully saturated rings. The molecule has 1 saturated heterocycles. The number of rotatable bonds is 7. The number of carbonyl (C=O) groups is 3. The first-order chi connectivity index (χ1) is 13.6. The molecule has 1 aromatic heterocycles. The molecule has 0 radical (unpaired) electrons. The summed E-state index contributed by atoms with van der Waals surface area (Å²) in [6.45, 7) is 1.16. The van der Waals surface area contributed by atoms with Crippen LogP contribution in [-0.4, -0.2) is 48.8 Å². The third-order valence-electron chi connectivity index (χ3n) is 4.93. The van der Waals surface area contributed by atoms with Crippen LogP contribution in [0.4, 0.5) is 0 Å². The van der Waals surface area contributed by atoms with Gasteiger partial charge in [0.2, 0.25) is 11.8 Å². The van der Waals surface area contributed by atoms with Crippen molar-refractivity contribution in [2.75, 3.05) is 26.2 Å². The van der Waals surface area contributed by atoms with Crippen molar-refractivity contribution in [3.63, 3.8) is 0 Å². The fourth-order valence-electron chi connectivity index (χ4n) is 3.34. The van der Waals surface area contributed by atoms with Crippen LogP contribution in [-0.2, 0) is 16.0 Å². The fourth-order valence-corrected chi connectivity index (χ4v) is 3.34. The number of nitrogens with zero attached hydrogens (tertiary/aromatic N) is 1. The molecule has 0 atom stereocenters. The van der Waals surface area contributed by atoms with Crippen LogP contribution in [0.5, 0.6) is 0 Å². The molecule has 1 aliphatic heterocycles. The second-order valence-electron chi connectivity index (χ2n) is 6.95. The molecule has 1 aliphatic rings. The topological polar surface area (TPSA) is 91.6 Å². The van der Waals surface area contributed by atoms with Gasteiger partial charge in [-0.15, -0.1) is 0 Å². The predicted molar refractivity (Wildman–Crippen MR) is 104 cm³/mol. The summed E-state index contributed by atoms with van der Waals surface area (Å²) < 4.78 is 4.95. The van der Waals surface area contributed by atoms with Gasteiger partial charge in [-0.3, -0.25) is 14.4 Å². The average molecular weight is 383 g/mol. The lowest BCUT2D eigenvalue weighted by molar-refractivity contribution is -0.133. The van der Waals surface area contributed by atoms with E-state index in [-0.39, 0.29) is 24.8 Å². The lowest BCUT2D eigenvalue weighted by Crippen LogP contribution is -2.46. The van der Waals surface area contributed by atoms with Crippen LogP contribution >= 0.6 is 0 Å². The third-order valence-corrected chi connectivity index (χ3v) is 4.93. The van der Waals surface area contributed by atoms with Gasteiger partial charge in [-0.25, -0.2) is 0 Å². The second kappa shape index (κ2) is 9.73. The van der Waals surface area contributed by atoms with E-state index in [4.69, 9.17) is 4.42 Å².